The van der Waals surface area contributed by atoms with E-state index in [9.17, 15) is 0 Å². The van der Waals surface area contributed by atoms with Gasteiger partial charge in [-0.2, -0.15) is 4.37 Å². The highest BCUT2D eigenvalue weighted by Gasteiger charge is 2.04. The molecule has 0 fully saturated rings. The lowest BCUT2D eigenvalue weighted by Gasteiger charge is -1.92. The van der Waals surface area contributed by atoms with Crippen LogP contribution in [0.2, 0.25) is 0 Å². The first-order chi connectivity index (χ1) is 5.79. The van der Waals surface area contributed by atoms with Crippen LogP contribution < -0.4 is 0 Å². The number of aryl methyl sites for hydroxylation is 2. The molecular formula is C10H19NS. The third-order valence-corrected chi connectivity index (χ3v) is 2.90. The Labute approximate surface area is 80.0 Å². The Morgan fingerprint density at radius 3 is 2.00 bits per heavy atom. The molecule has 0 radical (unpaired) electrons. The van der Waals surface area contributed by atoms with Gasteiger partial charge in [0.25, 0.3) is 0 Å². The van der Waals surface area contributed by atoms with Crippen LogP contribution >= 0.6 is 11.5 Å². The molecule has 0 saturated carbocycles. The topological polar surface area (TPSA) is 12.9 Å². The zero-order valence-corrected chi connectivity index (χ0v) is 9.59. The van der Waals surface area contributed by atoms with E-state index in [0.717, 1.165) is 12.8 Å². The summed E-state index contributed by atoms with van der Waals surface area (Å²) < 4.78 is 4.35. The average Bonchev–Trinajstić information content (AvgIpc) is 2.49. The van der Waals surface area contributed by atoms with Crippen LogP contribution in [0.4, 0.5) is 0 Å². The van der Waals surface area contributed by atoms with Crippen molar-refractivity contribution >= 4 is 11.5 Å². The van der Waals surface area contributed by atoms with Crippen LogP contribution in [-0.4, -0.2) is 4.37 Å². The van der Waals surface area contributed by atoms with Crippen molar-refractivity contribution < 1.29 is 0 Å². The molecule has 0 N–H and O–H groups in total. The summed E-state index contributed by atoms with van der Waals surface area (Å²) in [6.07, 6.45) is 2.20. The molecule has 1 nitrogen and oxygen atoms in total. The van der Waals surface area contributed by atoms with Crippen molar-refractivity contribution in [3.05, 3.63) is 16.1 Å². The van der Waals surface area contributed by atoms with Crippen molar-refractivity contribution in [1.82, 2.24) is 4.37 Å². The molecule has 0 aliphatic carbocycles. The van der Waals surface area contributed by atoms with Crippen molar-refractivity contribution in [1.29, 1.82) is 0 Å². The van der Waals surface area contributed by atoms with E-state index in [1.807, 2.05) is 13.8 Å². The molecule has 1 aromatic heterocycles. The van der Waals surface area contributed by atoms with Gasteiger partial charge in [-0.25, -0.2) is 0 Å². The van der Waals surface area contributed by atoms with Crippen LogP contribution in [0.1, 0.15) is 43.8 Å². The predicted molar refractivity (Wildman–Crippen MR) is 57.0 cm³/mol. The lowest BCUT2D eigenvalue weighted by molar-refractivity contribution is 1.04. The van der Waals surface area contributed by atoms with Crippen LogP contribution in [0.3, 0.4) is 0 Å². The summed E-state index contributed by atoms with van der Waals surface area (Å²) in [4.78, 5) is 1.44. The van der Waals surface area contributed by atoms with Crippen LogP contribution in [0.15, 0.2) is 0 Å². The van der Waals surface area contributed by atoms with E-state index < -0.39 is 0 Å². The van der Waals surface area contributed by atoms with E-state index in [2.05, 4.69) is 25.1 Å². The minimum Gasteiger partial charge on any atom is -0.197 e. The van der Waals surface area contributed by atoms with Gasteiger partial charge in [-0.15, -0.1) is 0 Å². The molecule has 0 atom stereocenters. The summed E-state index contributed by atoms with van der Waals surface area (Å²) in [6, 6.07) is 0. The van der Waals surface area contributed by atoms with Crippen LogP contribution in [0.5, 0.6) is 0 Å². The second-order valence-corrected chi connectivity index (χ2v) is 3.24. The van der Waals surface area contributed by atoms with Gasteiger partial charge >= 0.3 is 0 Å². The molecule has 0 aliphatic heterocycles. The number of aromatic nitrogens is 1. The number of rotatable bonds is 2. The third kappa shape index (κ3) is 2.59. The maximum atomic E-state index is 4.35. The van der Waals surface area contributed by atoms with Crippen LogP contribution in [0.25, 0.3) is 0 Å². The van der Waals surface area contributed by atoms with Gasteiger partial charge in [-0.3, -0.25) is 0 Å². The Morgan fingerprint density at radius 1 is 1.17 bits per heavy atom. The molecule has 70 valence electrons. The Hall–Kier alpha value is -0.370. The summed E-state index contributed by atoms with van der Waals surface area (Å²) >= 11 is 1.65. The summed E-state index contributed by atoms with van der Waals surface area (Å²) in [5.41, 5.74) is 2.69. The zero-order chi connectivity index (χ0) is 9.56. The highest BCUT2D eigenvalue weighted by molar-refractivity contribution is 7.06. The summed E-state index contributed by atoms with van der Waals surface area (Å²) in [5, 5.41) is 0. The molecule has 2 heteroatoms. The van der Waals surface area contributed by atoms with Crippen molar-refractivity contribution in [3.8, 4) is 0 Å². The molecule has 0 bridgehead atoms. The highest BCUT2D eigenvalue weighted by atomic mass is 32.1. The minimum atomic E-state index is 1.07. The molecular weight excluding hydrogens is 166 g/mol. The largest absolute Gasteiger partial charge is 0.197 e. The second-order valence-electron chi connectivity index (χ2n) is 2.38. The summed E-state index contributed by atoms with van der Waals surface area (Å²) in [6.45, 7) is 10.5. The molecule has 0 aromatic carbocycles. The fourth-order valence-corrected chi connectivity index (χ4v) is 1.94. The van der Waals surface area contributed by atoms with Gasteiger partial charge in [0.15, 0.2) is 0 Å². The van der Waals surface area contributed by atoms with E-state index >= 15 is 0 Å². The van der Waals surface area contributed by atoms with Gasteiger partial charge in [-0.05, 0) is 36.9 Å². The van der Waals surface area contributed by atoms with E-state index in [1.54, 1.807) is 11.5 Å². The molecule has 12 heavy (non-hydrogen) atoms. The third-order valence-electron chi connectivity index (χ3n) is 1.77. The Kier molecular flexibility index (Phi) is 5.99. The fraction of sp³-hybridized carbons (Fsp3) is 0.700. The molecule has 1 heterocycles. The molecule has 0 spiro atoms. The number of hydrogen-bond donors (Lipinski definition) is 0. The lowest BCUT2D eigenvalue weighted by atomic mass is 10.2. The summed E-state index contributed by atoms with van der Waals surface area (Å²) in [5.74, 6) is 0. The monoisotopic (exact) mass is 185 g/mol. The Morgan fingerprint density at radius 2 is 1.75 bits per heavy atom. The molecule has 1 aromatic rings. The quantitative estimate of drug-likeness (QED) is 0.686. The second kappa shape index (κ2) is 6.18. The van der Waals surface area contributed by atoms with Crippen molar-refractivity contribution in [2.24, 2.45) is 0 Å². The Balaban J connectivity index is 0.000000561. The standard InChI is InChI=1S/C8H13NS.C2H6/c1-4-7-6(3)8(5-2)10-9-7;1-2/h4-5H2,1-3H3;1-2H3. The summed E-state index contributed by atoms with van der Waals surface area (Å²) in [7, 11) is 0. The van der Waals surface area contributed by atoms with Crippen molar-refractivity contribution in [2.75, 3.05) is 0 Å². The van der Waals surface area contributed by atoms with E-state index in [1.165, 1.54) is 16.1 Å². The molecule has 0 unspecified atom stereocenters. The first-order valence-electron chi connectivity index (χ1n) is 4.73. The van der Waals surface area contributed by atoms with Gasteiger partial charge in [0, 0.05) is 4.88 Å². The molecule has 1 rings (SSSR count). The van der Waals surface area contributed by atoms with E-state index in [4.69, 9.17) is 0 Å². The van der Waals surface area contributed by atoms with Crippen molar-refractivity contribution in [3.63, 3.8) is 0 Å². The maximum absolute atomic E-state index is 4.35. The van der Waals surface area contributed by atoms with Gasteiger partial charge < -0.3 is 0 Å². The normalized spacial score (nSPS) is 9.08. The van der Waals surface area contributed by atoms with Gasteiger partial charge in [-0.1, -0.05) is 27.7 Å². The van der Waals surface area contributed by atoms with Gasteiger partial charge in [0.2, 0.25) is 0 Å². The molecule has 0 amide bonds. The SMILES string of the molecule is CC.CCc1nsc(CC)c1C. The minimum absolute atomic E-state index is 1.07. The van der Waals surface area contributed by atoms with Crippen molar-refractivity contribution in [2.45, 2.75) is 47.5 Å². The lowest BCUT2D eigenvalue weighted by Crippen LogP contribution is -1.84. The zero-order valence-electron chi connectivity index (χ0n) is 8.77. The first-order valence-corrected chi connectivity index (χ1v) is 5.51. The van der Waals surface area contributed by atoms with E-state index in [-0.39, 0.29) is 0 Å². The average molecular weight is 185 g/mol. The molecule has 0 saturated heterocycles. The smallest absolute Gasteiger partial charge is 0.0571 e. The predicted octanol–water partition coefficient (Wildman–Crippen LogP) is 3.60. The van der Waals surface area contributed by atoms with Gasteiger partial charge in [0.05, 0.1) is 5.69 Å². The highest BCUT2D eigenvalue weighted by Crippen LogP contribution is 2.18. The van der Waals surface area contributed by atoms with Gasteiger partial charge in [0.1, 0.15) is 0 Å². The van der Waals surface area contributed by atoms with E-state index in [0.29, 0.717) is 0 Å². The number of hydrogen-bond acceptors (Lipinski definition) is 2. The Bertz CT molecular complexity index is 194. The number of nitrogens with zero attached hydrogens (tertiary/aromatic N) is 1. The van der Waals surface area contributed by atoms with Crippen LogP contribution in [-0.2, 0) is 12.8 Å². The first kappa shape index (κ1) is 11.6. The maximum Gasteiger partial charge on any atom is 0.0571 e. The fourth-order valence-electron chi connectivity index (χ4n) is 1.07. The molecule has 0 aliphatic rings. The van der Waals surface area contributed by atoms with Crippen LogP contribution in [0, 0.1) is 6.92 Å².